The van der Waals surface area contributed by atoms with Crippen LogP contribution in [0.4, 0.5) is 8.78 Å². The Morgan fingerprint density at radius 2 is 1.94 bits per heavy atom. The van der Waals surface area contributed by atoms with E-state index in [9.17, 15) is 8.78 Å². The van der Waals surface area contributed by atoms with Crippen LogP contribution in [0.2, 0.25) is 0 Å². The maximum Gasteiger partial charge on any atom is 0.129 e. The predicted octanol–water partition coefficient (Wildman–Crippen LogP) is 3.54. The van der Waals surface area contributed by atoms with Gasteiger partial charge in [-0.2, -0.15) is 0 Å². The molecule has 3 heteroatoms. The largest absolute Gasteiger partial charge is 0.505 e. The van der Waals surface area contributed by atoms with E-state index in [1.165, 1.54) is 19.1 Å². The highest BCUT2D eigenvalue weighted by molar-refractivity contribution is 5.32. The molecule has 2 rings (SSSR count). The van der Waals surface area contributed by atoms with Gasteiger partial charge in [-0.3, -0.25) is 0 Å². The lowest BCUT2D eigenvalue weighted by Gasteiger charge is -2.03. The van der Waals surface area contributed by atoms with Gasteiger partial charge in [0.25, 0.3) is 0 Å². The Bertz CT molecular complexity index is 403. The second-order valence-corrected chi connectivity index (χ2v) is 4.18. The monoisotopic (exact) mass is 224 g/mol. The van der Waals surface area contributed by atoms with E-state index >= 15 is 0 Å². The van der Waals surface area contributed by atoms with Gasteiger partial charge in [-0.05, 0) is 49.0 Å². The van der Waals surface area contributed by atoms with Crippen molar-refractivity contribution in [1.29, 1.82) is 0 Å². The first-order chi connectivity index (χ1) is 7.63. The van der Waals surface area contributed by atoms with Crippen molar-refractivity contribution in [2.45, 2.75) is 19.3 Å². The van der Waals surface area contributed by atoms with Crippen LogP contribution in [0.15, 0.2) is 24.5 Å². The molecule has 16 heavy (non-hydrogen) atoms. The van der Waals surface area contributed by atoms with Gasteiger partial charge in [-0.1, -0.05) is 0 Å². The van der Waals surface area contributed by atoms with Gasteiger partial charge in [-0.25, -0.2) is 8.78 Å². The molecule has 1 nitrogen and oxygen atoms in total. The van der Waals surface area contributed by atoms with Gasteiger partial charge >= 0.3 is 0 Å². The summed E-state index contributed by atoms with van der Waals surface area (Å²) >= 11 is 0. The van der Waals surface area contributed by atoms with Crippen LogP contribution >= 0.6 is 0 Å². The maximum absolute atomic E-state index is 13.3. The fourth-order valence-electron chi connectivity index (χ4n) is 1.87. The van der Waals surface area contributed by atoms with E-state index in [1.54, 1.807) is 13.4 Å². The van der Waals surface area contributed by atoms with Crippen LogP contribution in [0.3, 0.4) is 0 Å². The van der Waals surface area contributed by atoms with Gasteiger partial charge in [0, 0.05) is 5.56 Å². The van der Waals surface area contributed by atoms with Crippen LogP contribution in [0.25, 0.3) is 0 Å². The summed E-state index contributed by atoms with van der Waals surface area (Å²) < 4.78 is 31.5. The van der Waals surface area contributed by atoms with Gasteiger partial charge in [-0.15, -0.1) is 0 Å². The minimum absolute atomic E-state index is 0.0911. The number of hydrogen-bond donors (Lipinski definition) is 0. The van der Waals surface area contributed by atoms with Crippen LogP contribution in [0, 0.1) is 24.5 Å². The topological polar surface area (TPSA) is 9.23 Å². The van der Waals surface area contributed by atoms with E-state index in [1.807, 2.05) is 6.08 Å². The normalized spacial score (nSPS) is 23.8. The molecule has 0 bridgehead atoms. The highest BCUT2D eigenvalue weighted by Gasteiger charge is 2.37. The molecule has 1 fully saturated rings. The Morgan fingerprint density at radius 1 is 1.31 bits per heavy atom. The van der Waals surface area contributed by atoms with Crippen molar-refractivity contribution < 1.29 is 13.5 Å². The van der Waals surface area contributed by atoms with Crippen LogP contribution in [0.1, 0.15) is 23.5 Å². The van der Waals surface area contributed by atoms with E-state index in [0.29, 0.717) is 5.92 Å². The second kappa shape index (κ2) is 4.24. The van der Waals surface area contributed by atoms with Crippen LogP contribution in [-0.2, 0) is 4.74 Å². The highest BCUT2D eigenvalue weighted by atomic mass is 19.1. The fourth-order valence-corrected chi connectivity index (χ4v) is 1.87. The van der Waals surface area contributed by atoms with Gasteiger partial charge < -0.3 is 4.74 Å². The molecule has 0 amide bonds. The molecule has 0 N–H and O–H groups in total. The van der Waals surface area contributed by atoms with Crippen molar-refractivity contribution >= 4 is 0 Å². The lowest BCUT2D eigenvalue weighted by Crippen LogP contribution is -1.93. The van der Waals surface area contributed by atoms with E-state index in [0.717, 1.165) is 12.0 Å². The molecule has 1 aromatic rings. The van der Waals surface area contributed by atoms with E-state index in [-0.39, 0.29) is 11.5 Å². The average Bonchev–Trinajstić information content (AvgIpc) is 3.01. The molecular formula is C13H14F2O. The fraction of sp³-hybridized carbons (Fsp3) is 0.385. The molecular weight excluding hydrogens is 210 g/mol. The average molecular weight is 224 g/mol. The number of allylic oxidation sites excluding steroid dienone is 1. The minimum atomic E-state index is -0.462. The molecule has 0 saturated heterocycles. The first-order valence-electron chi connectivity index (χ1n) is 5.28. The third-order valence-corrected chi connectivity index (χ3v) is 3.03. The quantitative estimate of drug-likeness (QED) is 0.713. The molecule has 2 atom stereocenters. The number of hydrogen-bond acceptors (Lipinski definition) is 1. The van der Waals surface area contributed by atoms with Crippen molar-refractivity contribution in [2.75, 3.05) is 7.11 Å². The molecule has 1 aliphatic rings. The smallest absolute Gasteiger partial charge is 0.129 e. The minimum Gasteiger partial charge on any atom is -0.505 e. The number of benzene rings is 1. The standard InChI is InChI=1S/C13H14F2O/c1-8-12(14)6-10(7-13(8)15)11-5-9(11)3-4-16-2/h3-4,6-7,9,11H,5H2,1-2H3. The summed E-state index contributed by atoms with van der Waals surface area (Å²) in [6, 6.07) is 2.87. The Hall–Kier alpha value is -1.38. The lowest BCUT2D eigenvalue weighted by atomic mass is 10.1. The Morgan fingerprint density at radius 3 is 2.50 bits per heavy atom. The zero-order valence-electron chi connectivity index (χ0n) is 9.34. The zero-order valence-corrected chi connectivity index (χ0v) is 9.34. The van der Waals surface area contributed by atoms with E-state index in [2.05, 4.69) is 0 Å². The molecule has 0 radical (unpaired) electrons. The molecule has 0 heterocycles. The van der Waals surface area contributed by atoms with Crippen LogP contribution in [0.5, 0.6) is 0 Å². The first kappa shape index (κ1) is 11.1. The molecule has 0 spiro atoms. The van der Waals surface area contributed by atoms with Crippen LogP contribution in [-0.4, -0.2) is 7.11 Å². The number of ether oxygens (including phenoxy) is 1. The Kier molecular flexibility index (Phi) is 2.95. The summed E-state index contributed by atoms with van der Waals surface area (Å²) in [5.74, 6) is -0.342. The predicted molar refractivity (Wildman–Crippen MR) is 58.1 cm³/mol. The van der Waals surface area contributed by atoms with Crippen molar-refractivity contribution in [3.8, 4) is 0 Å². The third kappa shape index (κ3) is 2.08. The summed E-state index contributed by atoms with van der Waals surface area (Å²) in [6.07, 6.45) is 4.48. The molecule has 1 aromatic carbocycles. The summed E-state index contributed by atoms with van der Waals surface area (Å²) in [5, 5.41) is 0. The molecule has 2 unspecified atom stereocenters. The summed E-state index contributed by atoms with van der Waals surface area (Å²) in [4.78, 5) is 0. The molecule has 1 aliphatic carbocycles. The summed E-state index contributed by atoms with van der Waals surface area (Å²) in [7, 11) is 1.58. The molecule has 0 aliphatic heterocycles. The van der Waals surface area contributed by atoms with Crippen molar-refractivity contribution in [3.63, 3.8) is 0 Å². The maximum atomic E-state index is 13.3. The Balaban J connectivity index is 2.15. The summed E-state index contributed by atoms with van der Waals surface area (Å²) in [5.41, 5.74) is 0.833. The molecule has 86 valence electrons. The number of methoxy groups -OCH3 is 1. The summed E-state index contributed by atoms with van der Waals surface area (Å²) in [6.45, 7) is 1.45. The molecule has 1 saturated carbocycles. The van der Waals surface area contributed by atoms with Crippen LogP contribution < -0.4 is 0 Å². The first-order valence-corrected chi connectivity index (χ1v) is 5.28. The SMILES string of the molecule is COC=CC1CC1c1cc(F)c(C)c(F)c1. The second-order valence-electron chi connectivity index (χ2n) is 4.18. The van der Waals surface area contributed by atoms with E-state index < -0.39 is 11.6 Å². The molecule has 0 aromatic heterocycles. The lowest BCUT2D eigenvalue weighted by molar-refractivity contribution is 0.336. The zero-order chi connectivity index (χ0) is 11.7. The van der Waals surface area contributed by atoms with Gasteiger partial charge in [0.05, 0.1) is 13.4 Å². The van der Waals surface area contributed by atoms with E-state index in [4.69, 9.17) is 4.74 Å². The van der Waals surface area contributed by atoms with Gasteiger partial charge in [0.2, 0.25) is 0 Å². The van der Waals surface area contributed by atoms with Crippen molar-refractivity contribution in [2.24, 2.45) is 5.92 Å². The van der Waals surface area contributed by atoms with Gasteiger partial charge in [0.1, 0.15) is 11.6 Å². The van der Waals surface area contributed by atoms with Crippen molar-refractivity contribution in [1.82, 2.24) is 0 Å². The Labute approximate surface area is 93.7 Å². The number of halogens is 2. The number of rotatable bonds is 3. The highest BCUT2D eigenvalue weighted by Crippen LogP contribution is 2.48. The van der Waals surface area contributed by atoms with Gasteiger partial charge in [0.15, 0.2) is 0 Å². The third-order valence-electron chi connectivity index (χ3n) is 3.03. The van der Waals surface area contributed by atoms with Crippen molar-refractivity contribution in [3.05, 3.63) is 47.2 Å².